The third kappa shape index (κ3) is 3.37. The SMILES string of the molecule is CCc1cc2c(NC(C)CCCO)nc(NC)nc2s1. The van der Waals surface area contributed by atoms with Crippen LogP contribution in [0.25, 0.3) is 10.2 Å². The Bertz CT molecular complexity index is 570. The molecule has 0 aliphatic carbocycles. The fourth-order valence-corrected chi connectivity index (χ4v) is 3.04. The van der Waals surface area contributed by atoms with Crippen LogP contribution in [0.1, 0.15) is 31.6 Å². The van der Waals surface area contributed by atoms with Crippen molar-refractivity contribution in [3.8, 4) is 0 Å². The summed E-state index contributed by atoms with van der Waals surface area (Å²) in [5.41, 5.74) is 0. The maximum absolute atomic E-state index is 8.91. The molecule has 5 nitrogen and oxygen atoms in total. The highest BCUT2D eigenvalue weighted by Crippen LogP contribution is 2.30. The third-order valence-electron chi connectivity index (χ3n) is 3.19. The molecule has 0 aliphatic heterocycles. The Hall–Kier alpha value is -1.40. The summed E-state index contributed by atoms with van der Waals surface area (Å²) >= 11 is 1.71. The molecule has 0 fully saturated rings. The molecular formula is C14H22N4OS. The minimum Gasteiger partial charge on any atom is -0.396 e. The highest BCUT2D eigenvalue weighted by atomic mass is 32.1. The molecule has 0 saturated heterocycles. The second kappa shape index (κ2) is 6.85. The fourth-order valence-electron chi connectivity index (χ4n) is 2.07. The van der Waals surface area contributed by atoms with Crippen molar-refractivity contribution in [2.45, 2.75) is 39.2 Å². The molecule has 2 rings (SSSR count). The second-order valence-corrected chi connectivity index (χ2v) is 5.96. The summed E-state index contributed by atoms with van der Waals surface area (Å²) in [6.45, 7) is 4.48. The van der Waals surface area contributed by atoms with Gasteiger partial charge in [-0.15, -0.1) is 11.3 Å². The summed E-state index contributed by atoms with van der Waals surface area (Å²) in [6, 6.07) is 2.44. The van der Waals surface area contributed by atoms with Gasteiger partial charge in [0.15, 0.2) is 0 Å². The van der Waals surface area contributed by atoms with Crippen molar-refractivity contribution in [3.63, 3.8) is 0 Å². The molecule has 0 bridgehead atoms. The third-order valence-corrected chi connectivity index (χ3v) is 4.37. The highest BCUT2D eigenvalue weighted by molar-refractivity contribution is 7.18. The van der Waals surface area contributed by atoms with Gasteiger partial charge in [0, 0.05) is 24.6 Å². The number of aryl methyl sites for hydroxylation is 1. The highest BCUT2D eigenvalue weighted by Gasteiger charge is 2.12. The van der Waals surface area contributed by atoms with Crippen LogP contribution in [0.2, 0.25) is 0 Å². The van der Waals surface area contributed by atoms with E-state index in [0.29, 0.717) is 5.95 Å². The van der Waals surface area contributed by atoms with E-state index in [1.54, 1.807) is 11.3 Å². The normalized spacial score (nSPS) is 12.6. The van der Waals surface area contributed by atoms with Crippen molar-refractivity contribution in [2.75, 3.05) is 24.3 Å². The van der Waals surface area contributed by atoms with E-state index in [-0.39, 0.29) is 12.6 Å². The molecule has 0 amide bonds. The van der Waals surface area contributed by atoms with Crippen LogP contribution in [-0.4, -0.2) is 34.8 Å². The minimum atomic E-state index is 0.228. The van der Waals surface area contributed by atoms with Gasteiger partial charge >= 0.3 is 0 Å². The van der Waals surface area contributed by atoms with Crippen molar-refractivity contribution in [3.05, 3.63) is 10.9 Å². The van der Waals surface area contributed by atoms with Crippen LogP contribution < -0.4 is 10.6 Å². The lowest BCUT2D eigenvalue weighted by Crippen LogP contribution is -2.17. The molecule has 0 aliphatic rings. The Balaban J connectivity index is 2.31. The summed E-state index contributed by atoms with van der Waals surface area (Å²) in [4.78, 5) is 11.4. The number of fused-ring (bicyclic) bond motifs is 1. The lowest BCUT2D eigenvalue weighted by molar-refractivity contribution is 0.282. The van der Waals surface area contributed by atoms with E-state index < -0.39 is 0 Å². The predicted octanol–water partition coefficient (Wildman–Crippen LogP) is 2.87. The molecule has 20 heavy (non-hydrogen) atoms. The van der Waals surface area contributed by atoms with Gasteiger partial charge in [0.05, 0.1) is 5.39 Å². The van der Waals surface area contributed by atoms with E-state index in [4.69, 9.17) is 5.11 Å². The van der Waals surface area contributed by atoms with Gasteiger partial charge in [-0.2, -0.15) is 4.98 Å². The van der Waals surface area contributed by atoms with Crippen LogP contribution >= 0.6 is 11.3 Å². The topological polar surface area (TPSA) is 70.1 Å². The largest absolute Gasteiger partial charge is 0.396 e. The van der Waals surface area contributed by atoms with Crippen LogP contribution in [0.15, 0.2) is 6.07 Å². The molecule has 2 aromatic rings. The number of nitrogens with one attached hydrogen (secondary N) is 2. The molecule has 3 N–H and O–H groups in total. The number of hydrogen-bond acceptors (Lipinski definition) is 6. The molecule has 2 heterocycles. The van der Waals surface area contributed by atoms with Gasteiger partial charge in [0.2, 0.25) is 5.95 Å². The first kappa shape index (κ1) is 15.0. The van der Waals surface area contributed by atoms with Gasteiger partial charge in [0.25, 0.3) is 0 Å². The zero-order valence-corrected chi connectivity index (χ0v) is 13.0. The fraction of sp³-hybridized carbons (Fsp3) is 0.571. The first-order valence-electron chi connectivity index (χ1n) is 7.03. The van der Waals surface area contributed by atoms with Gasteiger partial charge in [-0.1, -0.05) is 6.92 Å². The smallest absolute Gasteiger partial charge is 0.225 e. The number of hydrogen-bond donors (Lipinski definition) is 3. The molecule has 0 radical (unpaired) electrons. The van der Waals surface area contributed by atoms with Crippen LogP contribution in [0.4, 0.5) is 11.8 Å². The van der Waals surface area contributed by atoms with Gasteiger partial charge in [-0.3, -0.25) is 0 Å². The van der Waals surface area contributed by atoms with E-state index in [2.05, 4.69) is 40.5 Å². The van der Waals surface area contributed by atoms with Crippen LogP contribution in [0.3, 0.4) is 0 Å². The summed E-state index contributed by atoms with van der Waals surface area (Å²) in [5, 5.41) is 16.4. The summed E-state index contributed by atoms with van der Waals surface area (Å²) in [7, 11) is 1.83. The minimum absolute atomic E-state index is 0.228. The van der Waals surface area contributed by atoms with Gasteiger partial charge in [-0.25, -0.2) is 4.98 Å². The Morgan fingerprint density at radius 1 is 1.40 bits per heavy atom. The first-order chi connectivity index (χ1) is 9.67. The Labute approximate surface area is 123 Å². The Morgan fingerprint density at radius 2 is 2.20 bits per heavy atom. The average Bonchev–Trinajstić information content (AvgIpc) is 2.88. The molecule has 0 saturated carbocycles. The molecule has 1 atom stereocenters. The van der Waals surface area contributed by atoms with E-state index >= 15 is 0 Å². The monoisotopic (exact) mass is 294 g/mol. The number of anilines is 2. The lowest BCUT2D eigenvalue weighted by Gasteiger charge is -2.15. The van der Waals surface area contributed by atoms with Crippen molar-refractivity contribution >= 4 is 33.3 Å². The first-order valence-corrected chi connectivity index (χ1v) is 7.85. The van der Waals surface area contributed by atoms with Crippen molar-refractivity contribution < 1.29 is 5.11 Å². The van der Waals surface area contributed by atoms with Gasteiger partial charge < -0.3 is 15.7 Å². The molecular weight excluding hydrogens is 272 g/mol. The number of aliphatic hydroxyl groups is 1. The summed E-state index contributed by atoms with van der Waals surface area (Å²) < 4.78 is 0. The number of aromatic nitrogens is 2. The Kier molecular flexibility index (Phi) is 5.14. The van der Waals surface area contributed by atoms with E-state index in [0.717, 1.165) is 35.3 Å². The van der Waals surface area contributed by atoms with Crippen molar-refractivity contribution in [1.29, 1.82) is 0 Å². The standard InChI is InChI=1S/C14H22N4OS/c1-4-10-8-11-12(16-9(2)6-5-7-19)17-14(15-3)18-13(11)20-10/h8-9,19H,4-7H2,1-3H3,(H2,15,16,17,18). The van der Waals surface area contributed by atoms with Crippen LogP contribution in [-0.2, 0) is 6.42 Å². The number of nitrogens with zero attached hydrogens (tertiary/aromatic N) is 2. The summed E-state index contributed by atoms with van der Waals surface area (Å²) in [5.74, 6) is 1.51. The predicted molar refractivity (Wildman–Crippen MR) is 85.7 cm³/mol. The molecule has 110 valence electrons. The molecule has 0 aromatic carbocycles. The average molecular weight is 294 g/mol. The van der Waals surface area contributed by atoms with Crippen molar-refractivity contribution in [1.82, 2.24) is 9.97 Å². The molecule has 6 heteroatoms. The quantitative estimate of drug-likeness (QED) is 0.732. The lowest BCUT2D eigenvalue weighted by atomic mass is 10.2. The van der Waals surface area contributed by atoms with E-state index in [1.807, 2.05) is 7.05 Å². The van der Waals surface area contributed by atoms with E-state index in [1.165, 1.54) is 4.88 Å². The molecule has 0 spiro atoms. The van der Waals surface area contributed by atoms with Crippen LogP contribution in [0.5, 0.6) is 0 Å². The van der Waals surface area contributed by atoms with Crippen LogP contribution in [0, 0.1) is 0 Å². The molecule has 2 aromatic heterocycles. The zero-order valence-electron chi connectivity index (χ0n) is 12.2. The van der Waals surface area contributed by atoms with E-state index in [9.17, 15) is 0 Å². The number of aliphatic hydroxyl groups excluding tert-OH is 1. The van der Waals surface area contributed by atoms with Gasteiger partial charge in [0.1, 0.15) is 10.6 Å². The number of rotatable bonds is 7. The van der Waals surface area contributed by atoms with Crippen molar-refractivity contribution in [2.24, 2.45) is 0 Å². The Morgan fingerprint density at radius 3 is 2.85 bits per heavy atom. The maximum Gasteiger partial charge on any atom is 0.225 e. The maximum atomic E-state index is 8.91. The summed E-state index contributed by atoms with van der Waals surface area (Å²) in [6.07, 6.45) is 2.72. The van der Waals surface area contributed by atoms with Gasteiger partial charge in [-0.05, 0) is 32.3 Å². The molecule has 1 unspecified atom stereocenters. The number of thiophene rings is 1. The second-order valence-electron chi connectivity index (χ2n) is 4.84. The zero-order chi connectivity index (χ0) is 14.5.